The first-order valence-corrected chi connectivity index (χ1v) is 4.82. The van der Waals surface area contributed by atoms with Crippen LogP contribution in [0, 0.1) is 5.82 Å². The molecular formula is C10H7ClFN3O. The molecule has 0 aliphatic heterocycles. The summed E-state index contributed by atoms with van der Waals surface area (Å²) in [5.41, 5.74) is 0.530. The van der Waals surface area contributed by atoms with Crippen molar-refractivity contribution in [2.24, 2.45) is 7.05 Å². The van der Waals surface area contributed by atoms with E-state index in [4.69, 9.17) is 11.6 Å². The maximum absolute atomic E-state index is 12.8. The van der Waals surface area contributed by atoms with Crippen molar-refractivity contribution >= 4 is 17.4 Å². The third-order valence-electron chi connectivity index (χ3n) is 2.12. The molecule has 6 heteroatoms. The number of halogens is 2. The van der Waals surface area contributed by atoms with Gasteiger partial charge in [-0.2, -0.15) is 0 Å². The first-order valence-electron chi connectivity index (χ1n) is 4.44. The summed E-state index contributed by atoms with van der Waals surface area (Å²) in [4.78, 5) is 12.0. The molecule has 0 saturated heterocycles. The van der Waals surface area contributed by atoms with Crippen LogP contribution < -0.4 is 0 Å². The molecule has 0 fully saturated rings. The van der Waals surface area contributed by atoms with Crippen molar-refractivity contribution in [1.82, 2.24) is 15.0 Å². The average Bonchev–Trinajstić information content (AvgIpc) is 2.63. The highest BCUT2D eigenvalue weighted by Gasteiger charge is 2.16. The van der Waals surface area contributed by atoms with Crippen molar-refractivity contribution in [2.75, 3.05) is 0 Å². The number of aryl methyl sites for hydroxylation is 1. The Hall–Kier alpha value is -1.75. The summed E-state index contributed by atoms with van der Waals surface area (Å²) in [6.07, 6.45) is 1.34. The van der Waals surface area contributed by atoms with Gasteiger partial charge in [-0.15, -0.1) is 5.10 Å². The zero-order valence-electron chi connectivity index (χ0n) is 8.32. The van der Waals surface area contributed by atoms with Crippen molar-refractivity contribution in [1.29, 1.82) is 0 Å². The van der Waals surface area contributed by atoms with E-state index in [2.05, 4.69) is 10.3 Å². The Labute approximate surface area is 95.6 Å². The van der Waals surface area contributed by atoms with Gasteiger partial charge in [-0.25, -0.2) is 9.07 Å². The fourth-order valence-corrected chi connectivity index (χ4v) is 1.56. The predicted octanol–water partition coefficient (Wildman–Crippen LogP) is 1.84. The van der Waals surface area contributed by atoms with Gasteiger partial charge in [-0.05, 0) is 18.2 Å². The van der Waals surface area contributed by atoms with Crippen LogP contribution in [0.3, 0.4) is 0 Å². The molecule has 0 spiro atoms. The van der Waals surface area contributed by atoms with Crippen molar-refractivity contribution in [3.63, 3.8) is 0 Å². The lowest BCUT2D eigenvalue weighted by molar-refractivity contribution is 0.103. The normalized spacial score (nSPS) is 10.4. The monoisotopic (exact) mass is 239 g/mol. The zero-order chi connectivity index (χ0) is 11.7. The Morgan fingerprint density at radius 2 is 2.25 bits per heavy atom. The molecule has 2 rings (SSSR count). The number of benzene rings is 1. The first-order chi connectivity index (χ1) is 7.59. The summed E-state index contributed by atoms with van der Waals surface area (Å²) in [5.74, 6) is -0.817. The molecule has 4 nitrogen and oxygen atoms in total. The molecule has 82 valence electrons. The molecule has 1 aromatic heterocycles. The molecule has 0 atom stereocenters. The highest BCUT2D eigenvalue weighted by molar-refractivity contribution is 6.34. The van der Waals surface area contributed by atoms with Crippen LogP contribution in [0.5, 0.6) is 0 Å². The quantitative estimate of drug-likeness (QED) is 0.752. The van der Waals surface area contributed by atoms with Gasteiger partial charge in [0.05, 0.1) is 11.2 Å². The van der Waals surface area contributed by atoms with E-state index in [0.29, 0.717) is 5.69 Å². The number of hydrogen-bond donors (Lipinski definition) is 0. The molecule has 2 aromatic rings. The van der Waals surface area contributed by atoms with E-state index in [-0.39, 0.29) is 16.4 Å². The summed E-state index contributed by atoms with van der Waals surface area (Å²) in [7, 11) is 1.59. The number of aromatic nitrogens is 3. The van der Waals surface area contributed by atoms with Crippen molar-refractivity contribution in [3.05, 3.63) is 46.5 Å². The topological polar surface area (TPSA) is 47.8 Å². The van der Waals surface area contributed by atoms with Gasteiger partial charge in [0.2, 0.25) is 5.78 Å². The lowest BCUT2D eigenvalue weighted by atomic mass is 10.1. The van der Waals surface area contributed by atoms with E-state index < -0.39 is 5.82 Å². The lowest BCUT2D eigenvalue weighted by Gasteiger charge is -2.02. The van der Waals surface area contributed by atoms with Crippen LogP contribution in [-0.4, -0.2) is 20.8 Å². The molecule has 0 radical (unpaired) electrons. The minimum Gasteiger partial charge on any atom is -0.287 e. The van der Waals surface area contributed by atoms with Crippen LogP contribution in [0.25, 0.3) is 0 Å². The van der Waals surface area contributed by atoms with Crippen LogP contribution in [-0.2, 0) is 7.05 Å². The molecular weight excluding hydrogens is 233 g/mol. The molecule has 1 aromatic carbocycles. The molecule has 16 heavy (non-hydrogen) atoms. The Kier molecular flexibility index (Phi) is 2.70. The van der Waals surface area contributed by atoms with E-state index in [0.717, 1.165) is 6.07 Å². The van der Waals surface area contributed by atoms with E-state index in [1.165, 1.54) is 23.0 Å². The van der Waals surface area contributed by atoms with Crippen molar-refractivity contribution in [3.8, 4) is 0 Å². The number of carbonyl (C=O) groups excluding carboxylic acids is 1. The third-order valence-corrected chi connectivity index (χ3v) is 2.44. The second kappa shape index (κ2) is 4.02. The zero-order valence-corrected chi connectivity index (χ0v) is 9.07. The number of nitrogens with zero attached hydrogens (tertiary/aromatic N) is 3. The maximum atomic E-state index is 12.8. The Balaban J connectivity index is 2.46. The smallest absolute Gasteiger partial charge is 0.214 e. The van der Waals surface area contributed by atoms with Gasteiger partial charge in [0.15, 0.2) is 0 Å². The summed E-state index contributed by atoms with van der Waals surface area (Å²) in [6.45, 7) is 0. The van der Waals surface area contributed by atoms with Gasteiger partial charge in [0.1, 0.15) is 11.5 Å². The highest BCUT2D eigenvalue weighted by atomic mass is 35.5. The van der Waals surface area contributed by atoms with Crippen LogP contribution in [0.15, 0.2) is 24.4 Å². The molecule has 0 saturated carbocycles. The van der Waals surface area contributed by atoms with Gasteiger partial charge in [0.25, 0.3) is 0 Å². The molecule has 0 aliphatic rings. The number of ketones is 1. The van der Waals surface area contributed by atoms with Crippen LogP contribution >= 0.6 is 11.6 Å². The van der Waals surface area contributed by atoms with Crippen LogP contribution in [0.1, 0.15) is 16.1 Å². The SMILES string of the molecule is Cn1nncc1C(=O)c1ccc(F)cc1Cl. The van der Waals surface area contributed by atoms with Crippen LogP contribution in [0.4, 0.5) is 4.39 Å². The molecule has 0 amide bonds. The van der Waals surface area contributed by atoms with E-state index >= 15 is 0 Å². The minimum atomic E-state index is -0.482. The van der Waals surface area contributed by atoms with E-state index in [1.807, 2.05) is 0 Å². The standard InChI is InChI=1S/C10H7ClFN3O/c1-15-9(5-13-14-15)10(16)7-3-2-6(12)4-8(7)11/h2-5H,1H3. The fraction of sp³-hybridized carbons (Fsp3) is 0.100. The Morgan fingerprint density at radius 3 is 2.81 bits per heavy atom. The minimum absolute atomic E-state index is 0.0752. The van der Waals surface area contributed by atoms with Gasteiger partial charge < -0.3 is 0 Å². The number of carbonyl (C=O) groups is 1. The van der Waals surface area contributed by atoms with E-state index in [9.17, 15) is 9.18 Å². The summed E-state index contributed by atoms with van der Waals surface area (Å²) in [5, 5.41) is 7.30. The van der Waals surface area contributed by atoms with Gasteiger partial charge in [-0.3, -0.25) is 4.79 Å². The van der Waals surface area contributed by atoms with Crippen molar-refractivity contribution < 1.29 is 9.18 Å². The largest absolute Gasteiger partial charge is 0.287 e. The Morgan fingerprint density at radius 1 is 1.50 bits per heavy atom. The second-order valence-electron chi connectivity index (χ2n) is 3.20. The summed E-state index contributed by atoms with van der Waals surface area (Å²) in [6, 6.07) is 3.62. The number of rotatable bonds is 2. The summed E-state index contributed by atoms with van der Waals surface area (Å²) < 4.78 is 14.1. The van der Waals surface area contributed by atoms with Gasteiger partial charge in [0, 0.05) is 12.6 Å². The number of hydrogen-bond acceptors (Lipinski definition) is 3. The van der Waals surface area contributed by atoms with Crippen molar-refractivity contribution in [2.45, 2.75) is 0 Å². The third kappa shape index (κ3) is 1.81. The average molecular weight is 240 g/mol. The fourth-order valence-electron chi connectivity index (χ4n) is 1.31. The second-order valence-corrected chi connectivity index (χ2v) is 3.60. The lowest BCUT2D eigenvalue weighted by Crippen LogP contribution is -2.08. The molecule has 0 aliphatic carbocycles. The van der Waals surface area contributed by atoms with Gasteiger partial charge >= 0.3 is 0 Å². The molecule has 0 bridgehead atoms. The Bertz CT molecular complexity index is 553. The van der Waals surface area contributed by atoms with Crippen LogP contribution in [0.2, 0.25) is 5.02 Å². The highest BCUT2D eigenvalue weighted by Crippen LogP contribution is 2.20. The van der Waals surface area contributed by atoms with E-state index in [1.54, 1.807) is 7.05 Å². The molecule has 1 heterocycles. The summed E-state index contributed by atoms with van der Waals surface area (Å²) >= 11 is 5.78. The molecule has 0 unspecified atom stereocenters. The maximum Gasteiger partial charge on any atom is 0.214 e. The predicted molar refractivity (Wildman–Crippen MR) is 55.8 cm³/mol. The van der Waals surface area contributed by atoms with Gasteiger partial charge in [-0.1, -0.05) is 16.8 Å². The molecule has 0 N–H and O–H groups in total. The first kappa shape index (κ1) is 10.8.